The van der Waals surface area contributed by atoms with Crippen molar-refractivity contribution in [1.82, 2.24) is 0 Å². The van der Waals surface area contributed by atoms with E-state index in [1.165, 1.54) is 29.5 Å². The van der Waals surface area contributed by atoms with Crippen LogP contribution in [0.1, 0.15) is 31.4 Å². The van der Waals surface area contributed by atoms with Gasteiger partial charge < -0.3 is 0 Å². The van der Waals surface area contributed by atoms with Crippen molar-refractivity contribution in [3.8, 4) is 0 Å². The van der Waals surface area contributed by atoms with Crippen LogP contribution in [0.2, 0.25) is 0 Å². The topological polar surface area (TPSA) is 12.4 Å². The first-order valence-corrected chi connectivity index (χ1v) is 6.50. The Balaban J connectivity index is 2.01. The molecule has 88 valence electrons. The molecule has 0 N–H and O–H groups in total. The van der Waals surface area contributed by atoms with Crippen LogP contribution < -0.4 is 0 Å². The smallest absolute Gasteiger partial charge is 0.0265 e. The minimum Gasteiger partial charge on any atom is -0.269 e. The summed E-state index contributed by atoms with van der Waals surface area (Å²) in [6.45, 7) is 4.70. The van der Waals surface area contributed by atoms with E-state index in [9.17, 15) is 0 Å². The first-order chi connectivity index (χ1) is 8.22. The van der Waals surface area contributed by atoms with Crippen LogP contribution >= 0.6 is 0 Å². The maximum atomic E-state index is 4.31. The van der Waals surface area contributed by atoms with E-state index in [0.717, 1.165) is 6.42 Å². The number of fused-ring (bicyclic) bond motifs is 1. The molecule has 0 saturated heterocycles. The summed E-state index contributed by atoms with van der Waals surface area (Å²) in [6, 6.07) is 8.90. The van der Waals surface area contributed by atoms with Gasteiger partial charge in [-0.2, -0.15) is 0 Å². The fourth-order valence-electron chi connectivity index (χ4n) is 3.33. The van der Waals surface area contributed by atoms with Gasteiger partial charge in [-0.1, -0.05) is 38.1 Å². The van der Waals surface area contributed by atoms with Crippen molar-refractivity contribution >= 4 is 6.21 Å². The summed E-state index contributed by atoms with van der Waals surface area (Å²) in [5.74, 6) is 0.669. The van der Waals surface area contributed by atoms with Gasteiger partial charge in [0.05, 0.1) is 0 Å². The number of allylic oxidation sites excluding steroid dienone is 1. The molecule has 0 amide bonds. The van der Waals surface area contributed by atoms with Crippen LogP contribution in [0.5, 0.6) is 0 Å². The minimum atomic E-state index is 0.320. The second kappa shape index (κ2) is 3.83. The summed E-state index contributed by atoms with van der Waals surface area (Å²) in [6.07, 6.45) is 7.58. The average molecular weight is 225 g/mol. The highest BCUT2D eigenvalue weighted by molar-refractivity contribution is 5.66. The molecular formula is C16H19N. The lowest BCUT2D eigenvalue weighted by Crippen LogP contribution is -2.30. The number of aliphatic imine (C=N–C) groups is 1. The quantitative estimate of drug-likeness (QED) is 0.726. The molecule has 1 aromatic carbocycles. The molecule has 0 unspecified atom stereocenters. The largest absolute Gasteiger partial charge is 0.269 e. The number of nitrogens with zero attached hydrogens (tertiary/aromatic N) is 1. The van der Waals surface area contributed by atoms with Crippen molar-refractivity contribution in [2.24, 2.45) is 16.3 Å². The predicted octanol–water partition coefficient (Wildman–Crippen LogP) is 3.79. The summed E-state index contributed by atoms with van der Waals surface area (Å²) in [7, 11) is 0. The Hall–Kier alpha value is -1.37. The Morgan fingerprint density at radius 3 is 2.24 bits per heavy atom. The van der Waals surface area contributed by atoms with Gasteiger partial charge in [-0.25, -0.2) is 0 Å². The number of rotatable bonds is 2. The molecule has 0 radical (unpaired) electrons. The van der Waals surface area contributed by atoms with E-state index >= 15 is 0 Å². The number of hydrogen-bond donors (Lipinski definition) is 0. The third kappa shape index (κ3) is 1.56. The lowest BCUT2D eigenvalue weighted by Gasteiger charge is -2.35. The van der Waals surface area contributed by atoms with E-state index < -0.39 is 0 Å². The molecule has 1 aliphatic heterocycles. The standard InChI is InChI=1S/C16H19N/c1-12(2)16(15-7-8-17-11-15)9-13-5-3-4-6-14(13)10-16/h3-6,8,11-12H,7,9-10H2,1-2H3. The summed E-state index contributed by atoms with van der Waals surface area (Å²) in [5.41, 5.74) is 4.92. The van der Waals surface area contributed by atoms with Gasteiger partial charge in [0.25, 0.3) is 0 Å². The molecule has 0 atom stereocenters. The SMILES string of the molecule is CC(C)C1(C2=CN=CC2)Cc2ccccc2C1. The van der Waals surface area contributed by atoms with Crippen molar-refractivity contribution in [3.63, 3.8) is 0 Å². The van der Waals surface area contributed by atoms with Gasteiger partial charge in [-0.15, -0.1) is 0 Å². The van der Waals surface area contributed by atoms with Crippen molar-refractivity contribution in [2.75, 3.05) is 0 Å². The molecular weight excluding hydrogens is 206 g/mol. The highest BCUT2D eigenvalue weighted by Gasteiger charge is 2.42. The van der Waals surface area contributed by atoms with Gasteiger partial charge in [-0.05, 0) is 35.5 Å². The van der Waals surface area contributed by atoms with Crippen LogP contribution in [0.4, 0.5) is 0 Å². The van der Waals surface area contributed by atoms with Crippen LogP contribution in [0.25, 0.3) is 0 Å². The predicted molar refractivity (Wildman–Crippen MR) is 72.3 cm³/mol. The van der Waals surface area contributed by atoms with Crippen LogP contribution in [-0.4, -0.2) is 6.21 Å². The Bertz CT molecular complexity index is 469. The summed E-state index contributed by atoms with van der Waals surface area (Å²) in [4.78, 5) is 4.31. The second-order valence-corrected chi connectivity index (χ2v) is 5.62. The van der Waals surface area contributed by atoms with Gasteiger partial charge in [0.1, 0.15) is 0 Å². The minimum absolute atomic E-state index is 0.320. The van der Waals surface area contributed by atoms with Crippen LogP contribution in [0.3, 0.4) is 0 Å². The maximum absolute atomic E-state index is 4.31. The molecule has 1 aliphatic carbocycles. The lowest BCUT2D eigenvalue weighted by atomic mass is 9.68. The lowest BCUT2D eigenvalue weighted by molar-refractivity contribution is 0.258. The Labute approximate surface area is 103 Å². The highest BCUT2D eigenvalue weighted by atomic mass is 14.7. The molecule has 0 aromatic heterocycles. The van der Waals surface area contributed by atoms with E-state index in [2.05, 4.69) is 49.3 Å². The molecule has 1 heterocycles. The number of benzene rings is 1. The highest BCUT2D eigenvalue weighted by Crippen LogP contribution is 2.49. The van der Waals surface area contributed by atoms with Crippen molar-refractivity contribution in [3.05, 3.63) is 47.2 Å². The molecule has 1 nitrogen and oxygen atoms in total. The van der Waals surface area contributed by atoms with E-state index in [0.29, 0.717) is 11.3 Å². The molecule has 1 aromatic rings. The first-order valence-electron chi connectivity index (χ1n) is 6.50. The van der Waals surface area contributed by atoms with Crippen LogP contribution in [0, 0.1) is 11.3 Å². The third-order valence-corrected chi connectivity index (χ3v) is 4.52. The van der Waals surface area contributed by atoms with E-state index in [4.69, 9.17) is 0 Å². The van der Waals surface area contributed by atoms with Gasteiger partial charge in [0, 0.05) is 24.3 Å². The molecule has 0 spiro atoms. The zero-order valence-electron chi connectivity index (χ0n) is 10.6. The molecule has 17 heavy (non-hydrogen) atoms. The molecule has 0 bridgehead atoms. The first kappa shape index (κ1) is 10.8. The molecule has 2 aliphatic rings. The zero-order chi connectivity index (χ0) is 11.9. The number of hydrogen-bond acceptors (Lipinski definition) is 1. The van der Waals surface area contributed by atoms with E-state index in [1.54, 1.807) is 0 Å². The Morgan fingerprint density at radius 2 is 1.76 bits per heavy atom. The normalized spacial score (nSPS) is 20.8. The summed E-state index contributed by atoms with van der Waals surface area (Å²) < 4.78 is 0. The molecule has 0 fully saturated rings. The molecule has 1 heteroatoms. The summed E-state index contributed by atoms with van der Waals surface area (Å²) in [5, 5.41) is 0. The molecule has 3 rings (SSSR count). The Morgan fingerprint density at radius 1 is 1.12 bits per heavy atom. The van der Waals surface area contributed by atoms with Gasteiger partial charge in [-0.3, -0.25) is 4.99 Å². The summed E-state index contributed by atoms with van der Waals surface area (Å²) >= 11 is 0. The van der Waals surface area contributed by atoms with Crippen molar-refractivity contribution in [1.29, 1.82) is 0 Å². The Kier molecular flexibility index (Phi) is 2.43. The molecule has 0 saturated carbocycles. The van der Waals surface area contributed by atoms with Crippen LogP contribution in [-0.2, 0) is 12.8 Å². The van der Waals surface area contributed by atoms with Gasteiger partial charge in [0.2, 0.25) is 0 Å². The fourth-order valence-corrected chi connectivity index (χ4v) is 3.33. The second-order valence-electron chi connectivity index (χ2n) is 5.62. The van der Waals surface area contributed by atoms with E-state index in [-0.39, 0.29) is 0 Å². The van der Waals surface area contributed by atoms with Crippen molar-refractivity contribution in [2.45, 2.75) is 33.1 Å². The average Bonchev–Trinajstić information content (AvgIpc) is 2.96. The third-order valence-electron chi connectivity index (χ3n) is 4.52. The van der Waals surface area contributed by atoms with Gasteiger partial charge in [0.15, 0.2) is 0 Å². The fraction of sp³-hybridized carbons (Fsp3) is 0.438. The monoisotopic (exact) mass is 225 g/mol. The van der Waals surface area contributed by atoms with Crippen molar-refractivity contribution < 1.29 is 0 Å². The van der Waals surface area contributed by atoms with E-state index in [1.807, 2.05) is 6.21 Å². The van der Waals surface area contributed by atoms with Crippen LogP contribution in [0.15, 0.2) is 41.0 Å². The zero-order valence-corrected chi connectivity index (χ0v) is 10.6. The maximum Gasteiger partial charge on any atom is 0.0265 e. The van der Waals surface area contributed by atoms with Gasteiger partial charge >= 0.3 is 0 Å².